The molecule has 160 valence electrons. The highest BCUT2D eigenvalue weighted by atomic mass is 32.2. The lowest BCUT2D eigenvalue weighted by atomic mass is 10.1. The molecule has 1 aromatic carbocycles. The number of rotatable bonds is 11. The van der Waals surface area contributed by atoms with Crippen LogP contribution in [0.5, 0.6) is 0 Å². The molecule has 0 fully saturated rings. The van der Waals surface area contributed by atoms with E-state index >= 15 is 0 Å². The molecule has 0 radical (unpaired) electrons. The second-order valence-electron chi connectivity index (χ2n) is 6.31. The van der Waals surface area contributed by atoms with E-state index in [1.165, 1.54) is 25.1 Å². The van der Waals surface area contributed by atoms with E-state index in [0.29, 0.717) is 17.9 Å². The summed E-state index contributed by atoms with van der Waals surface area (Å²) in [4.78, 5) is 35.4. The van der Waals surface area contributed by atoms with Crippen LogP contribution in [-0.4, -0.2) is 47.6 Å². The molecule has 8 nitrogen and oxygen atoms in total. The minimum Gasteiger partial charge on any atom is -0.469 e. The van der Waals surface area contributed by atoms with Crippen molar-refractivity contribution in [1.82, 2.24) is 9.78 Å². The number of benzene rings is 1. The molecule has 2 rings (SSSR count). The number of hydrogen-bond donors (Lipinski definition) is 1. The van der Waals surface area contributed by atoms with Gasteiger partial charge in [-0.3, -0.25) is 19.1 Å². The van der Waals surface area contributed by atoms with Gasteiger partial charge in [0.2, 0.25) is 5.91 Å². The highest BCUT2D eigenvalue weighted by molar-refractivity contribution is 8.02. The molecule has 0 saturated heterocycles. The van der Waals surface area contributed by atoms with Crippen LogP contribution in [0, 0.1) is 0 Å². The number of methoxy groups -OCH3 is 2. The van der Waals surface area contributed by atoms with Gasteiger partial charge in [-0.25, -0.2) is 0 Å². The maximum Gasteiger partial charge on any atom is 0.307 e. The zero-order valence-corrected chi connectivity index (χ0v) is 17.8. The highest BCUT2D eigenvalue weighted by Gasteiger charge is 2.21. The van der Waals surface area contributed by atoms with Gasteiger partial charge >= 0.3 is 11.9 Å². The Morgan fingerprint density at radius 3 is 2.43 bits per heavy atom. The summed E-state index contributed by atoms with van der Waals surface area (Å²) in [5.74, 6) is -0.444. The number of nitrogens with zero attached hydrogens (tertiary/aromatic N) is 2. The molecular formula is C21H25N3O5S. The van der Waals surface area contributed by atoms with Crippen molar-refractivity contribution in [2.24, 2.45) is 0 Å². The monoisotopic (exact) mass is 431 g/mol. The van der Waals surface area contributed by atoms with E-state index in [4.69, 9.17) is 0 Å². The van der Waals surface area contributed by atoms with Gasteiger partial charge in [0.05, 0.1) is 45.0 Å². The smallest absolute Gasteiger partial charge is 0.307 e. The van der Waals surface area contributed by atoms with Crippen molar-refractivity contribution < 1.29 is 23.9 Å². The van der Waals surface area contributed by atoms with E-state index in [0.717, 1.165) is 5.56 Å². The van der Waals surface area contributed by atoms with Crippen LogP contribution >= 0.6 is 11.8 Å². The Balaban J connectivity index is 1.83. The van der Waals surface area contributed by atoms with Crippen LogP contribution < -0.4 is 5.32 Å². The fourth-order valence-corrected chi connectivity index (χ4v) is 3.24. The fourth-order valence-electron chi connectivity index (χ4n) is 2.55. The summed E-state index contributed by atoms with van der Waals surface area (Å²) in [6.07, 6.45) is 5.31. The van der Waals surface area contributed by atoms with E-state index < -0.39 is 18.0 Å². The molecular weight excluding hydrogens is 406 g/mol. The lowest BCUT2D eigenvalue weighted by molar-refractivity contribution is -0.144. The highest BCUT2D eigenvalue weighted by Crippen LogP contribution is 2.19. The Bertz CT molecular complexity index is 849. The molecule has 1 amide bonds. The van der Waals surface area contributed by atoms with Gasteiger partial charge in [0, 0.05) is 18.4 Å². The summed E-state index contributed by atoms with van der Waals surface area (Å²) >= 11 is 1.55. The molecule has 1 aromatic heterocycles. The summed E-state index contributed by atoms with van der Waals surface area (Å²) in [6, 6.07) is 9.36. The maximum absolute atomic E-state index is 12.1. The summed E-state index contributed by atoms with van der Waals surface area (Å²) in [5, 5.41) is 8.89. The summed E-state index contributed by atoms with van der Waals surface area (Å²) < 4.78 is 10.8. The van der Waals surface area contributed by atoms with Crippen molar-refractivity contribution in [3.63, 3.8) is 0 Å². The van der Waals surface area contributed by atoms with Gasteiger partial charge in [0.15, 0.2) is 0 Å². The van der Waals surface area contributed by atoms with E-state index in [1.54, 1.807) is 18.0 Å². The van der Waals surface area contributed by atoms with E-state index in [9.17, 15) is 14.4 Å². The Morgan fingerprint density at radius 2 is 1.80 bits per heavy atom. The van der Waals surface area contributed by atoms with Gasteiger partial charge in [-0.2, -0.15) is 5.10 Å². The van der Waals surface area contributed by atoms with Crippen LogP contribution in [0.4, 0.5) is 5.69 Å². The molecule has 0 aliphatic rings. The number of carbonyl (C=O) groups excluding carboxylic acids is 3. The van der Waals surface area contributed by atoms with E-state index in [2.05, 4.69) is 19.9 Å². The number of ether oxygens (including phenoxy) is 2. The molecule has 30 heavy (non-hydrogen) atoms. The van der Waals surface area contributed by atoms with Crippen molar-refractivity contribution in [3.05, 3.63) is 53.7 Å². The molecule has 0 spiro atoms. The van der Waals surface area contributed by atoms with E-state index in [-0.39, 0.29) is 18.7 Å². The summed E-state index contributed by atoms with van der Waals surface area (Å²) in [7, 11) is 2.55. The molecule has 1 N–H and O–H groups in total. The second kappa shape index (κ2) is 12.5. The van der Waals surface area contributed by atoms with Crippen LogP contribution in [0.1, 0.15) is 30.9 Å². The quantitative estimate of drug-likeness (QED) is 0.430. The van der Waals surface area contributed by atoms with Gasteiger partial charge < -0.3 is 14.8 Å². The van der Waals surface area contributed by atoms with Crippen molar-refractivity contribution >= 4 is 41.4 Å². The van der Waals surface area contributed by atoms with Gasteiger partial charge in [-0.15, -0.1) is 11.8 Å². The first-order chi connectivity index (χ1) is 14.5. The lowest BCUT2D eigenvalue weighted by Crippen LogP contribution is -2.19. The molecule has 1 heterocycles. The fraction of sp³-hybridized carbons (Fsp3) is 0.333. The molecule has 0 aliphatic heterocycles. The van der Waals surface area contributed by atoms with Crippen molar-refractivity contribution in [3.8, 4) is 0 Å². The average molecular weight is 432 g/mol. The molecule has 0 atom stereocenters. The SMILES string of the molecule is COC(=O)CC(CC(=O)OC)n1cc(NC(=O)CCSC=Cc2ccccc2)cn1. The van der Waals surface area contributed by atoms with Gasteiger partial charge in [0.1, 0.15) is 0 Å². The third-order valence-electron chi connectivity index (χ3n) is 4.12. The van der Waals surface area contributed by atoms with Crippen LogP contribution in [0.15, 0.2) is 48.1 Å². The number of esters is 2. The first kappa shape index (κ1) is 23.2. The number of aromatic nitrogens is 2. The minimum atomic E-state index is -0.561. The zero-order chi connectivity index (χ0) is 21.8. The number of thioether (sulfide) groups is 1. The van der Waals surface area contributed by atoms with Crippen LogP contribution in [0.2, 0.25) is 0 Å². The standard InChI is InChI=1S/C21H25N3O5S/c1-28-20(26)12-18(13-21(27)29-2)24-15-17(14-22-24)23-19(25)9-11-30-10-8-16-6-4-3-5-7-16/h3-8,10,14-15,18H,9,11-13H2,1-2H3,(H,23,25). The molecule has 0 bridgehead atoms. The number of hydrogen-bond acceptors (Lipinski definition) is 7. The third kappa shape index (κ3) is 8.12. The Kier molecular flexibility index (Phi) is 9.66. The molecule has 0 aliphatic carbocycles. The first-order valence-corrected chi connectivity index (χ1v) is 10.4. The largest absolute Gasteiger partial charge is 0.469 e. The van der Waals surface area contributed by atoms with Crippen molar-refractivity contribution in [1.29, 1.82) is 0 Å². The molecule has 0 unspecified atom stereocenters. The molecule has 9 heteroatoms. The normalized spacial score (nSPS) is 10.9. The Hall–Kier alpha value is -3.07. The summed E-state index contributed by atoms with van der Waals surface area (Å²) in [6.45, 7) is 0. The van der Waals surface area contributed by atoms with Crippen molar-refractivity contribution in [2.75, 3.05) is 25.3 Å². The predicted molar refractivity (Wildman–Crippen MR) is 116 cm³/mol. The average Bonchev–Trinajstić information content (AvgIpc) is 3.21. The van der Waals surface area contributed by atoms with Crippen LogP contribution in [0.25, 0.3) is 6.08 Å². The predicted octanol–water partition coefficient (Wildman–Crippen LogP) is 3.28. The molecule has 2 aromatic rings. The number of carbonyl (C=O) groups is 3. The lowest BCUT2D eigenvalue weighted by Gasteiger charge is -2.15. The first-order valence-electron chi connectivity index (χ1n) is 9.32. The van der Waals surface area contributed by atoms with Gasteiger partial charge in [-0.1, -0.05) is 30.3 Å². The van der Waals surface area contributed by atoms with Gasteiger partial charge in [-0.05, 0) is 17.0 Å². The maximum atomic E-state index is 12.1. The second-order valence-corrected chi connectivity index (χ2v) is 7.32. The summed E-state index contributed by atoms with van der Waals surface area (Å²) in [5.41, 5.74) is 1.60. The van der Waals surface area contributed by atoms with Crippen LogP contribution in [0.3, 0.4) is 0 Å². The molecule has 0 saturated carbocycles. The topological polar surface area (TPSA) is 99.5 Å². The Morgan fingerprint density at radius 1 is 1.13 bits per heavy atom. The Labute approximate surface area is 179 Å². The van der Waals surface area contributed by atoms with Crippen molar-refractivity contribution in [2.45, 2.75) is 25.3 Å². The number of anilines is 1. The third-order valence-corrected chi connectivity index (χ3v) is 4.89. The number of nitrogens with one attached hydrogen (secondary N) is 1. The van der Waals surface area contributed by atoms with Gasteiger partial charge in [0.25, 0.3) is 0 Å². The minimum absolute atomic E-state index is 0.0367. The van der Waals surface area contributed by atoms with Crippen LogP contribution in [-0.2, 0) is 23.9 Å². The number of amides is 1. The van der Waals surface area contributed by atoms with E-state index in [1.807, 2.05) is 41.8 Å². The zero-order valence-electron chi connectivity index (χ0n) is 16.9.